The van der Waals surface area contributed by atoms with Gasteiger partial charge in [0.2, 0.25) is 0 Å². The second-order valence-electron chi connectivity index (χ2n) is 4.36. The van der Waals surface area contributed by atoms with Crippen LogP contribution < -0.4 is 5.73 Å². The van der Waals surface area contributed by atoms with Gasteiger partial charge in [0.1, 0.15) is 11.6 Å². The van der Waals surface area contributed by atoms with Crippen LogP contribution in [-0.2, 0) is 6.54 Å². The number of anilines is 1. The summed E-state index contributed by atoms with van der Waals surface area (Å²) in [4.78, 5) is 10.8. The van der Waals surface area contributed by atoms with Gasteiger partial charge in [-0.1, -0.05) is 0 Å². The highest BCUT2D eigenvalue weighted by Gasteiger charge is 2.17. The van der Waals surface area contributed by atoms with Crippen LogP contribution >= 0.6 is 0 Å². The summed E-state index contributed by atoms with van der Waals surface area (Å²) in [6.07, 6.45) is 1.53. The number of aliphatic hydroxyl groups is 1. The third-order valence-corrected chi connectivity index (χ3v) is 2.84. The monoisotopic (exact) mass is 222 g/mol. The van der Waals surface area contributed by atoms with Crippen molar-refractivity contribution in [3.05, 3.63) is 17.6 Å². The molecule has 0 amide bonds. The van der Waals surface area contributed by atoms with Crippen LogP contribution in [0.1, 0.15) is 24.4 Å². The Hall–Kier alpha value is -1.20. The molecule has 1 aliphatic heterocycles. The second kappa shape index (κ2) is 4.76. The van der Waals surface area contributed by atoms with E-state index in [2.05, 4.69) is 14.9 Å². The van der Waals surface area contributed by atoms with Crippen LogP contribution in [-0.4, -0.2) is 39.2 Å². The van der Waals surface area contributed by atoms with Gasteiger partial charge in [0.25, 0.3) is 0 Å². The van der Waals surface area contributed by atoms with E-state index < -0.39 is 0 Å². The molecule has 1 aromatic rings. The van der Waals surface area contributed by atoms with Crippen molar-refractivity contribution in [1.82, 2.24) is 14.9 Å². The molecule has 0 bridgehead atoms. The maximum absolute atomic E-state index is 9.40. The number of hydrogen-bond donors (Lipinski definition) is 2. The van der Waals surface area contributed by atoms with E-state index in [1.165, 1.54) is 0 Å². The van der Waals surface area contributed by atoms with Crippen molar-refractivity contribution in [3.63, 3.8) is 0 Å². The van der Waals surface area contributed by atoms with Crippen LogP contribution in [0.25, 0.3) is 0 Å². The molecule has 5 nitrogen and oxygen atoms in total. The van der Waals surface area contributed by atoms with Gasteiger partial charge in [-0.25, -0.2) is 9.97 Å². The molecule has 1 saturated heterocycles. The van der Waals surface area contributed by atoms with E-state index in [4.69, 9.17) is 5.73 Å². The molecule has 2 rings (SSSR count). The van der Waals surface area contributed by atoms with Crippen LogP contribution in [0.5, 0.6) is 0 Å². The number of nitrogens with zero attached hydrogens (tertiary/aromatic N) is 3. The number of aromatic nitrogens is 2. The molecule has 16 heavy (non-hydrogen) atoms. The van der Waals surface area contributed by atoms with Crippen molar-refractivity contribution in [2.75, 3.05) is 18.8 Å². The van der Waals surface area contributed by atoms with E-state index in [0.29, 0.717) is 5.82 Å². The Morgan fingerprint density at radius 2 is 2.12 bits per heavy atom. The molecule has 1 fully saturated rings. The quantitative estimate of drug-likeness (QED) is 0.754. The van der Waals surface area contributed by atoms with Crippen molar-refractivity contribution in [3.8, 4) is 0 Å². The summed E-state index contributed by atoms with van der Waals surface area (Å²) >= 11 is 0. The lowest BCUT2D eigenvalue weighted by molar-refractivity contribution is 0.0780. The third-order valence-electron chi connectivity index (χ3n) is 2.84. The molecule has 2 heterocycles. The number of hydrogen-bond acceptors (Lipinski definition) is 5. The Morgan fingerprint density at radius 1 is 1.44 bits per heavy atom. The molecule has 0 radical (unpaired) electrons. The van der Waals surface area contributed by atoms with Gasteiger partial charge in [-0.2, -0.15) is 0 Å². The van der Waals surface area contributed by atoms with Gasteiger partial charge in [-0.15, -0.1) is 0 Å². The topological polar surface area (TPSA) is 75.3 Å². The van der Waals surface area contributed by atoms with Gasteiger partial charge < -0.3 is 10.8 Å². The van der Waals surface area contributed by atoms with Crippen LogP contribution in [0.4, 0.5) is 5.82 Å². The highest BCUT2D eigenvalue weighted by atomic mass is 16.3. The Bertz CT molecular complexity index is 341. The lowest BCUT2D eigenvalue weighted by atomic mass is 10.1. The average molecular weight is 222 g/mol. The molecule has 0 aromatic carbocycles. The normalized spacial score (nSPS) is 18.9. The van der Waals surface area contributed by atoms with Crippen molar-refractivity contribution in [2.24, 2.45) is 0 Å². The summed E-state index contributed by atoms with van der Waals surface area (Å²) in [5, 5.41) is 9.40. The van der Waals surface area contributed by atoms with E-state index in [1.54, 1.807) is 6.07 Å². The van der Waals surface area contributed by atoms with Crippen LogP contribution in [0.2, 0.25) is 0 Å². The van der Waals surface area contributed by atoms with Gasteiger partial charge in [0, 0.05) is 24.8 Å². The zero-order valence-corrected chi connectivity index (χ0v) is 9.56. The number of rotatable bonds is 2. The highest BCUT2D eigenvalue weighted by Crippen LogP contribution is 2.12. The van der Waals surface area contributed by atoms with Gasteiger partial charge in [0.05, 0.1) is 12.6 Å². The molecule has 5 heteroatoms. The van der Waals surface area contributed by atoms with Crippen molar-refractivity contribution in [1.29, 1.82) is 0 Å². The summed E-state index contributed by atoms with van der Waals surface area (Å²) in [7, 11) is 0. The second-order valence-corrected chi connectivity index (χ2v) is 4.36. The average Bonchev–Trinajstić information content (AvgIpc) is 2.20. The lowest BCUT2D eigenvalue weighted by Crippen LogP contribution is -2.35. The van der Waals surface area contributed by atoms with Gasteiger partial charge >= 0.3 is 0 Å². The third kappa shape index (κ3) is 2.90. The van der Waals surface area contributed by atoms with E-state index >= 15 is 0 Å². The molecular weight excluding hydrogens is 204 g/mol. The number of aryl methyl sites for hydroxylation is 1. The zero-order chi connectivity index (χ0) is 11.5. The first-order chi connectivity index (χ1) is 7.63. The van der Waals surface area contributed by atoms with Crippen molar-refractivity contribution < 1.29 is 5.11 Å². The van der Waals surface area contributed by atoms with E-state index in [-0.39, 0.29) is 6.10 Å². The summed E-state index contributed by atoms with van der Waals surface area (Å²) in [5.74, 6) is 1.30. The lowest BCUT2D eigenvalue weighted by Gasteiger charge is -2.28. The predicted octanol–water partition coefficient (Wildman–Crippen LogP) is 0.324. The summed E-state index contributed by atoms with van der Waals surface area (Å²) in [5.41, 5.74) is 6.58. The largest absolute Gasteiger partial charge is 0.393 e. The Morgan fingerprint density at radius 3 is 2.75 bits per heavy atom. The highest BCUT2D eigenvalue weighted by molar-refractivity contribution is 5.29. The number of piperidine rings is 1. The van der Waals surface area contributed by atoms with Gasteiger partial charge in [-0.3, -0.25) is 4.90 Å². The molecule has 0 unspecified atom stereocenters. The van der Waals surface area contributed by atoms with Crippen LogP contribution in [0.15, 0.2) is 6.07 Å². The summed E-state index contributed by atoms with van der Waals surface area (Å²) in [6.45, 7) is 4.44. The number of nitrogens with two attached hydrogens (primary N) is 1. The Balaban J connectivity index is 1.98. The smallest absolute Gasteiger partial charge is 0.144 e. The van der Waals surface area contributed by atoms with Gasteiger partial charge in [-0.05, 0) is 19.8 Å². The van der Waals surface area contributed by atoms with E-state index in [9.17, 15) is 5.11 Å². The fourth-order valence-corrected chi connectivity index (χ4v) is 2.00. The molecule has 1 aliphatic rings. The molecule has 0 spiro atoms. The number of likely N-dealkylation sites (tertiary alicyclic amines) is 1. The maximum atomic E-state index is 9.40. The summed E-state index contributed by atoms with van der Waals surface area (Å²) < 4.78 is 0. The van der Waals surface area contributed by atoms with E-state index in [1.807, 2.05) is 6.92 Å². The zero-order valence-electron chi connectivity index (χ0n) is 9.56. The number of nitrogen functional groups attached to an aromatic ring is 1. The predicted molar refractivity (Wildman–Crippen MR) is 61.7 cm³/mol. The standard InChI is InChI=1S/C11H18N4O/c1-8-6-10(12)14-11(13-8)7-15-4-2-9(16)3-5-15/h6,9,16H,2-5,7H2,1H3,(H2,12,13,14). The first-order valence-corrected chi connectivity index (χ1v) is 5.64. The Kier molecular flexibility index (Phi) is 3.36. The van der Waals surface area contributed by atoms with Crippen molar-refractivity contribution >= 4 is 5.82 Å². The SMILES string of the molecule is Cc1cc(N)nc(CN2CCC(O)CC2)n1. The van der Waals surface area contributed by atoms with Crippen LogP contribution in [0.3, 0.4) is 0 Å². The minimum absolute atomic E-state index is 0.139. The van der Waals surface area contributed by atoms with Crippen LogP contribution in [0, 0.1) is 6.92 Å². The molecule has 88 valence electrons. The van der Waals surface area contributed by atoms with Crippen molar-refractivity contribution in [2.45, 2.75) is 32.4 Å². The minimum atomic E-state index is -0.139. The minimum Gasteiger partial charge on any atom is -0.393 e. The molecule has 3 N–H and O–H groups in total. The molecule has 0 aliphatic carbocycles. The fourth-order valence-electron chi connectivity index (χ4n) is 2.00. The summed E-state index contributed by atoms with van der Waals surface area (Å²) in [6, 6.07) is 1.77. The number of aliphatic hydroxyl groups excluding tert-OH is 1. The fraction of sp³-hybridized carbons (Fsp3) is 0.636. The molecule has 0 saturated carbocycles. The molecule has 1 aromatic heterocycles. The first-order valence-electron chi connectivity index (χ1n) is 5.64. The molecular formula is C11H18N4O. The Labute approximate surface area is 95.3 Å². The van der Waals surface area contributed by atoms with E-state index in [0.717, 1.165) is 44.0 Å². The maximum Gasteiger partial charge on any atom is 0.144 e. The first kappa shape index (κ1) is 11.3. The molecule has 0 atom stereocenters. The van der Waals surface area contributed by atoms with Gasteiger partial charge in [0.15, 0.2) is 0 Å².